The summed E-state index contributed by atoms with van der Waals surface area (Å²) in [6.07, 6.45) is 0. The zero-order chi connectivity index (χ0) is 13.9. The SMILES string of the molecule is CC(C)(O)C#Cc1ccc(-c2ccc(I)cc2)cc1. The lowest BCUT2D eigenvalue weighted by molar-refractivity contribution is 0.143. The highest BCUT2D eigenvalue weighted by Crippen LogP contribution is 2.20. The molecule has 0 aliphatic carbocycles. The summed E-state index contributed by atoms with van der Waals surface area (Å²) in [4.78, 5) is 0. The Morgan fingerprint density at radius 1 is 0.895 bits per heavy atom. The summed E-state index contributed by atoms with van der Waals surface area (Å²) in [6.45, 7) is 3.36. The number of halogens is 1. The minimum atomic E-state index is -0.950. The molecule has 96 valence electrons. The number of aliphatic hydroxyl groups is 1. The van der Waals surface area contributed by atoms with Crippen molar-refractivity contribution < 1.29 is 5.11 Å². The van der Waals surface area contributed by atoms with E-state index in [9.17, 15) is 5.11 Å². The van der Waals surface area contributed by atoms with Crippen molar-refractivity contribution in [3.63, 3.8) is 0 Å². The fourth-order valence-corrected chi connectivity index (χ4v) is 1.97. The fraction of sp³-hybridized carbons (Fsp3) is 0.176. The van der Waals surface area contributed by atoms with Gasteiger partial charge in [-0.1, -0.05) is 36.1 Å². The van der Waals surface area contributed by atoms with Crippen LogP contribution in [0.15, 0.2) is 48.5 Å². The summed E-state index contributed by atoms with van der Waals surface area (Å²) < 4.78 is 1.23. The van der Waals surface area contributed by atoms with E-state index >= 15 is 0 Å². The van der Waals surface area contributed by atoms with Gasteiger partial charge in [-0.15, -0.1) is 0 Å². The molecule has 0 atom stereocenters. The molecule has 0 heterocycles. The summed E-state index contributed by atoms with van der Waals surface area (Å²) in [5.41, 5.74) is 2.33. The second-order valence-corrected chi connectivity index (χ2v) is 6.14. The first-order valence-electron chi connectivity index (χ1n) is 6.06. The van der Waals surface area contributed by atoms with E-state index in [0.29, 0.717) is 0 Å². The van der Waals surface area contributed by atoms with Gasteiger partial charge in [0.15, 0.2) is 0 Å². The molecule has 0 fully saturated rings. The van der Waals surface area contributed by atoms with E-state index in [-0.39, 0.29) is 0 Å². The molecular weight excluding hydrogens is 347 g/mol. The minimum Gasteiger partial charge on any atom is -0.378 e. The molecule has 2 aromatic carbocycles. The summed E-state index contributed by atoms with van der Waals surface area (Å²) in [5.74, 6) is 5.78. The predicted octanol–water partition coefficient (Wildman–Crippen LogP) is 4.08. The highest BCUT2D eigenvalue weighted by atomic mass is 127. The molecule has 19 heavy (non-hydrogen) atoms. The van der Waals surface area contributed by atoms with Gasteiger partial charge in [-0.2, -0.15) is 0 Å². The Hall–Kier alpha value is -1.31. The molecule has 2 heteroatoms. The third kappa shape index (κ3) is 4.38. The second-order valence-electron chi connectivity index (χ2n) is 4.89. The third-order valence-electron chi connectivity index (χ3n) is 2.58. The number of hydrogen-bond donors (Lipinski definition) is 1. The van der Waals surface area contributed by atoms with Crippen LogP contribution in [0.2, 0.25) is 0 Å². The lowest BCUT2D eigenvalue weighted by Gasteiger charge is -2.06. The van der Waals surface area contributed by atoms with E-state index in [2.05, 4.69) is 70.8 Å². The van der Waals surface area contributed by atoms with Gasteiger partial charge in [-0.3, -0.25) is 0 Å². The topological polar surface area (TPSA) is 20.2 Å². The molecule has 0 saturated carbocycles. The van der Waals surface area contributed by atoms with E-state index in [1.54, 1.807) is 13.8 Å². The molecule has 0 aliphatic rings. The molecule has 0 bridgehead atoms. The number of rotatable bonds is 1. The average Bonchev–Trinajstić information content (AvgIpc) is 2.37. The standard InChI is InChI=1S/C17H15IO/c1-17(2,19)12-11-13-3-5-14(6-4-13)15-7-9-16(18)10-8-15/h3-10,19H,1-2H3. The number of benzene rings is 2. The van der Waals surface area contributed by atoms with Crippen LogP contribution in [0.25, 0.3) is 11.1 Å². The Morgan fingerprint density at radius 2 is 1.37 bits per heavy atom. The Balaban J connectivity index is 2.23. The van der Waals surface area contributed by atoms with Crippen molar-refractivity contribution in [2.75, 3.05) is 0 Å². The molecule has 0 aliphatic heterocycles. The van der Waals surface area contributed by atoms with Crippen LogP contribution in [0.4, 0.5) is 0 Å². The first kappa shape index (κ1) is 14.1. The van der Waals surface area contributed by atoms with Gasteiger partial charge in [0.25, 0.3) is 0 Å². The molecule has 0 amide bonds. The van der Waals surface area contributed by atoms with E-state index in [1.807, 2.05) is 12.1 Å². The molecule has 0 aromatic heterocycles. The zero-order valence-electron chi connectivity index (χ0n) is 10.9. The van der Waals surface area contributed by atoms with E-state index in [1.165, 1.54) is 14.7 Å². The normalized spacial score (nSPS) is 10.7. The quantitative estimate of drug-likeness (QED) is 0.599. The van der Waals surface area contributed by atoms with Crippen molar-refractivity contribution in [3.8, 4) is 23.0 Å². The molecule has 2 aromatic rings. The van der Waals surface area contributed by atoms with Crippen LogP contribution in [0.1, 0.15) is 19.4 Å². The average molecular weight is 362 g/mol. The van der Waals surface area contributed by atoms with Crippen LogP contribution >= 0.6 is 22.6 Å². The molecule has 0 spiro atoms. The monoisotopic (exact) mass is 362 g/mol. The third-order valence-corrected chi connectivity index (χ3v) is 3.29. The summed E-state index contributed by atoms with van der Waals surface area (Å²) in [5, 5.41) is 9.56. The van der Waals surface area contributed by atoms with E-state index in [4.69, 9.17) is 0 Å². The van der Waals surface area contributed by atoms with Crippen LogP contribution in [0.3, 0.4) is 0 Å². The first-order valence-corrected chi connectivity index (χ1v) is 7.13. The summed E-state index contributed by atoms with van der Waals surface area (Å²) in [7, 11) is 0. The maximum absolute atomic E-state index is 9.56. The van der Waals surface area contributed by atoms with Crippen LogP contribution in [0.5, 0.6) is 0 Å². The van der Waals surface area contributed by atoms with Crippen LogP contribution in [-0.2, 0) is 0 Å². The van der Waals surface area contributed by atoms with Gasteiger partial charge in [-0.05, 0) is 71.8 Å². The minimum absolute atomic E-state index is 0.913. The zero-order valence-corrected chi connectivity index (χ0v) is 13.1. The largest absolute Gasteiger partial charge is 0.378 e. The molecular formula is C17H15IO. The lowest BCUT2D eigenvalue weighted by atomic mass is 10.0. The molecule has 0 saturated heterocycles. The van der Waals surface area contributed by atoms with Crippen molar-refractivity contribution in [1.29, 1.82) is 0 Å². The Labute approximate surface area is 127 Å². The van der Waals surface area contributed by atoms with E-state index in [0.717, 1.165) is 5.56 Å². The molecule has 1 nitrogen and oxygen atoms in total. The Kier molecular flexibility index (Phi) is 4.28. The smallest absolute Gasteiger partial charge is 0.120 e. The van der Waals surface area contributed by atoms with Gasteiger partial charge in [0.2, 0.25) is 0 Å². The van der Waals surface area contributed by atoms with Gasteiger partial charge in [0.05, 0.1) is 0 Å². The fourth-order valence-electron chi connectivity index (χ4n) is 1.61. The van der Waals surface area contributed by atoms with Crippen LogP contribution in [-0.4, -0.2) is 10.7 Å². The van der Waals surface area contributed by atoms with Gasteiger partial charge in [0, 0.05) is 9.13 Å². The van der Waals surface area contributed by atoms with E-state index < -0.39 is 5.60 Å². The highest BCUT2D eigenvalue weighted by molar-refractivity contribution is 14.1. The van der Waals surface area contributed by atoms with Crippen LogP contribution in [0, 0.1) is 15.4 Å². The lowest BCUT2D eigenvalue weighted by Crippen LogP contribution is -2.14. The van der Waals surface area contributed by atoms with Crippen molar-refractivity contribution in [1.82, 2.24) is 0 Å². The van der Waals surface area contributed by atoms with Gasteiger partial charge >= 0.3 is 0 Å². The van der Waals surface area contributed by atoms with Crippen molar-refractivity contribution in [2.45, 2.75) is 19.4 Å². The maximum Gasteiger partial charge on any atom is 0.120 e. The molecule has 1 N–H and O–H groups in total. The highest BCUT2D eigenvalue weighted by Gasteiger charge is 2.05. The van der Waals surface area contributed by atoms with Gasteiger partial charge in [0.1, 0.15) is 5.60 Å². The van der Waals surface area contributed by atoms with Crippen molar-refractivity contribution >= 4 is 22.6 Å². The second kappa shape index (κ2) is 5.77. The van der Waals surface area contributed by atoms with Crippen molar-refractivity contribution in [3.05, 3.63) is 57.7 Å². The van der Waals surface area contributed by atoms with Gasteiger partial charge in [-0.25, -0.2) is 0 Å². The van der Waals surface area contributed by atoms with Gasteiger partial charge < -0.3 is 5.11 Å². The Bertz CT molecular complexity index is 608. The maximum atomic E-state index is 9.56. The summed E-state index contributed by atoms with van der Waals surface area (Å²) >= 11 is 2.30. The number of hydrogen-bond acceptors (Lipinski definition) is 1. The van der Waals surface area contributed by atoms with Crippen LogP contribution < -0.4 is 0 Å². The van der Waals surface area contributed by atoms with Crippen molar-refractivity contribution in [2.24, 2.45) is 0 Å². The molecule has 2 rings (SSSR count). The first-order chi connectivity index (χ1) is 8.94. The molecule has 0 radical (unpaired) electrons. The summed E-state index contributed by atoms with van der Waals surface area (Å²) in [6, 6.07) is 16.5. The molecule has 0 unspecified atom stereocenters. The Morgan fingerprint density at radius 3 is 1.84 bits per heavy atom. The predicted molar refractivity (Wildman–Crippen MR) is 87.8 cm³/mol.